The molecular formula is C16H14F3N2O2+. The van der Waals surface area contributed by atoms with E-state index >= 15 is 0 Å². The number of aromatic nitrogens is 1. The van der Waals surface area contributed by atoms with Crippen LogP contribution in [0.1, 0.15) is 16.8 Å². The first-order valence-electron chi connectivity index (χ1n) is 6.99. The van der Waals surface area contributed by atoms with Gasteiger partial charge in [0, 0.05) is 18.2 Å². The smallest absolute Gasteiger partial charge is 0.416 e. The third kappa shape index (κ3) is 2.74. The summed E-state index contributed by atoms with van der Waals surface area (Å²) in [5.74, 6) is 0.00820. The van der Waals surface area contributed by atoms with E-state index in [4.69, 9.17) is 4.74 Å². The molecule has 4 nitrogen and oxygen atoms in total. The zero-order chi connectivity index (χ0) is 16.6. The number of benzene rings is 1. The van der Waals surface area contributed by atoms with Gasteiger partial charge in [0.2, 0.25) is 0 Å². The van der Waals surface area contributed by atoms with E-state index in [0.29, 0.717) is 18.7 Å². The highest BCUT2D eigenvalue weighted by Crippen LogP contribution is 2.34. The third-order valence-electron chi connectivity index (χ3n) is 3.74. The van der Waals surface area contributed by atoms with E-state index in [9.17, 15) is 18.0 Å². The fourth-order valence-electron chi connectivity index (χ4n) is 2.66. The quantitative estimate of drug-likeness (QED) is 0.893. The van der Waals surface area contributed by atoms with Crippen molar-refractivity contribution in [3.63, 3.8) is 0 Å². The second kappa shape index (κ2) is 5.57. The molecule has 1 aromatic carbocycles. The molecule has 0 fully saturated rings. The summed E-state index contributed by atoms with van der Waals surface area (Å²) in [5, 5.41) is 0. The van der Waals surface area contributed by atoms with Crippen molar-refractivity contribution in [3.8, 4) is 11.4 Å². The molecule has 0 aliphatic carbocycles. The summed E-state index contributed by atoms with van der Waals surface area (Å²) in [5.41, 5.74) is 0.756. The van der Waals surface area contributed by atoms with Crippen LogP contribution in [0.2, 0.25) is 0 Å². The van der Waals surface area contributed by atoms with Crippen molar-refractivity contribution >= 4 is 6.21 Å². The third-order valence-corrected chi connectivity index (χ3v) is 3.74. The van der Waals surface area contributed by atoms with Crippen LogP contribution < -0.4 is 15.3 Å². The lowest BCUT2D eigenvalue weighted by molar-refractivity contribution is -0.452. The van der Waals surface area contributed by atoms with Gasteiger partial charge in [0.05, 0.1) is 23.9 Å². The first-order valence-corrected chi connectivity index (χ1v) is 6.99. The summed E-state index contributed by atoms with van der Waals surface area (Å²) in [7, 11) is 1.28. The summed E-state index contributed by atoms with van der Waals surface area (Å²) < 4.78 is 45.1. The Kier molecular flexibility index (Phi) is 3.71. The highest BCUT2D eigenvalue weighted by atomic mass is 19.4. The standard InChI is InChI=1S/C16H13F3N2O2/c1-23-14-8-11(16(17,18)19)3-4-13(14)21-12-6-7-20-9-10(12)2-5-15(21)22/h2-5,8-9H,6-7H2,1H3/p+1. The minimum Gasteiger partial charge on any atom is -0.495 e. The van der Waals surface area contributed by atoms with Crippen LogP contribution in [-0.4, -0.2) is 24.4 Å². The number of nitrogens with zero attached hydrogens (tertiary/aromatic N) is 1. The van der Waals surface area contributed by atoms with Crippen molar-refractivity contribution in [2.45, 2.75) is 12.6 Å². The van der Waals surface area contributed by atoms with E-state index in [0.717, 1.165) is 23.4 Å². The first-order chi connectivity index (χ1) is 10.9. The fraction of sp³-hybridized carbons (Fsp3) is 0.250. The molecule has 7 heteroatoms. The topological polar surface area (TPSA) is 45.2 Å². The zero-order valence-electron chi connectivity index (χ0n) is 12.3. The van der Waals surface area contributed by atoms with E-state index in [2.05, 4.69) is 4.99 Å². The summed E-state index contributed by atoms with van der Waals surface area (Å²) in [4.78, 5) is 15.4. The molecule has 1 aliphatic heterocycles. The van der Waals surface area contributed by atoms with E-state index in [-0.39, 0.29) is 11.3 Å². The number of hydrogen-bond donors (Lipinski definition) is 1. The SMILES string of the molecule is COc1cc(C(F)(F)F)ccc1-n1c2c(ccc1=O)C=[NH+]CC2. The zero-order valence-corrected chi connectivity index (χ0v) is 12.3. The number of alkyl halides is 3. The van der Waals surface area contributed by atoms with Gasteiger partial charge >= 0.3 is 6.18 Å². The summed E-state index contributed by atoms with van der Waals surface area (Å²) in [6.45, 7) is 0.652. The Labute approximate surface area is 129 Å². The second-order valence-electron chi connectivity index (χ2n) is 5.14. The van der Waals surface area contributed by atoms with Crippen molar-refractivity contribution in [3.05, 3.63) is 57.5 Å². The number of hydrogen-bond acceptors (Lipinski definition) is 2. The van der Waals surface area contributed by atoms with Gasteiger partial charge in [-0.2, -0.15) is 13.2 Å². The summed E-state index contributed by atoms with van der Waals surface area (Å²) >= 11 is 0. The molecule has 0 saturated carbocycles. The number of pyridine rings is 1. The molecule has 120 valence electrons. The lowest BCUT2D eigenvalue weighted by Crippen LogP contribution is -2.71. The van der Waals surface area contributed by atoms with Crippen molar-refractivity contribution in [2.24, 2.45) is 0 Å². The molecule has 1 aliphatic rings. The average Bonchev–Trinajstić information content (AvgIpc) is 2.53. The number of methoxy groups -OCH3 is 1. The predicted octanol–water partition coefficient (Wildman–Crippen LogP) is 0.921. The lowest BCUT2D eigenvalue weighted by Gasteiger charge is -2.18. The maximum atomic E-state index is 12.9. The maximum Gasteiger partial charge on any atom is 0.416 e. The number of rotatable bonds is 2. The van der Waals surface area contributed by atoms with Crippen LogP contribution in [0.25, 0.3) is 5.69 Å². The average molecular weight is 323 g/mol. The van der Waals surface area contributed by atoms with E-state index in [1.807, 2.05) is 0 Å². The van der Waals surface area contributed by atoms with E-state index in [1.54, 1.807) is 12.3 Å². The molecule has 3 rings (SSSR count). The van der Waals surface area contributed by atoms with Gasteiger partial charge in [0.1, 0.15) is 12.3 Å². The molecule has 1 aromatic heterocycles. The normalized spacial score (nSPS) is 13.7. The number of nitrogens with one attached hydrogen (secondary N) is 1. The van der Waals surface area contributed by atoms with Crippen LogP contribution in [0.15, 0.2) is 35.1 Å². The highest BCUT2D eigenvalue weighted by molar-refractivity contribution is 5.77. The van der Waals surface area contributed by atoms with Gasteiger partial charge in [0.25, 0.3) is 5.56 Å². The molecular weight excluding hydrogens is 309 g/mol. The van der Waals surface area contributed by atoms with Gasteiger partial charge in [-0.05, 0) is 24.3 Å². The minimum absolute atomic E-state index is 0.00820. The Morgan fingerprint density at radius 3 is 2.70 bits per heavy atom. The van der Waals surface area contributed by atoms with Crippen molar-refractivity contribution in [1.29, 1.82) is 0 Å². The van der Waals surface area contributed by atoms with Gasteiger partial charge in [0.15, 0.2) is 6.21 Å². The first kappa shape index (κ1) is 15.3. The van der Waals surface area contributed by atoms with E-state index < -0.39 is 11.7 Å². The predicted molar refractivity (Wildman–Crippen MR) is 78.3 cm³/mol. The molecule has 1 N–H and O–H groups in total. The molecule has 0 amide bonds. The van der Waals surface area contributed by atoms with Gasteiger partial charge in [-0.3, -0.25) is 9.36 Å². The Hall–Kier alpha value is -2.57. The molecule has 23 heavy (non-hydrogen) atoms. The molecule has 0 saturated heterocycles. The van der Waals surface area contributed by atoms with Crippen molar-refractivity contribution in [1.82, 2.24) is 4.57 Å². The molecule has 0 unspecified atom stereocenters. The molecule has 0 spiro atoms. The van der Waals surface area contributed by atoms with Gasteiger partial charge in [-0.15, -0.1) is 0 Å². The lowest BCUT2D eigenvalue weighted by atomic mass is 10.1. The Bertz CT molecular complexity index is 838. The second-order valence-corrected chi connectivity index (χ2v) is 5.14. The van der Waals surface area contributed by atoms with Gasteiger partial charge in [-0.25, -0.2) is 4.99 Å². The van der Waals surface area contributed by atoms with Crippen LogP contribution in [0.4, 0.5) is 13.2 Å². The molecule has 0 bridgehead atoms. The Balaban J connectivity index is 2.24. The maximum absolute atomic E-state index is 12.9. The molecule has 2 aromatic rings. The van der Waals surface area contributed by atoms with Crippen LogP contribution in [-0.2, 0) is 12.6 Å². The summed E-state index contributed by atoms with van der Waals surface area (Å²) in [6.07, 6.45) is -2.10. The number of fused-ring (bicyclic) bond motifs is 1. The molecule has 0 radical (unpaired) electrons. The minimum atomic E-state index is -4.47. The fourth-order valence-corrected chi connectivity index (χ4v) is 2.66. The highest BCUT2D eigenvalue weighted by Gasteiger charge is 2.31. The molecule has 2 heterocycles. The van der Waals surface area contributed by atoms with Crippen molar-refractivity contribution < 1.29 is 22.9 Å². The van der Waals surface area contributed by atoms with Crippen LogP contribution >= 0.6 is 0 Å². The van der Waals surface area contributed by atoms with Crippen LogP contribution in [0.3, 0.4) is 0 Å². The monoisotopic (exact) mass is 323 g/mol. The Morgan fingerprint density at radius 1 is 1.22 bits per heavy atom. The van der Waals surface area contributed by atoms with Crippen LogP contribution in [0, 0.1) is 0 Å². The van der Waals surface area contributed by atoms with Gasteiger partial charge in [-0.1, -0.05) is 0 Å². The Morgan fingerprint density at radius 2 is 2.00 bits per heavy atom. The van der Waals surface area contributed by atoms with Gasteiger partial charge < -0.3 is 4.74 Å². The number of halogens is 3. The largest absolute Gasteiger partial charge is 0.495 e. The van der Waals surface area contributed by atoms with Crippen LogP contribution in [0.5, 0.6) is 5.75 Å². The molecule has 0 atom stereocenters. The summed E-state index contributed by atoms with van der Waals surface area (Å²) in [6, 6.07) is 6.21. The number of ether oxygens (including phenoxy) is 1. The van der Waals surface area contributed by atoms with Crippen molar-refractivity contribution in [2.75, 3.05) is 13.7 Å². The van der Waals surface area contributed by atoms with E-state index in [1.165, 1.54) is 23.8 Å².